The number of carbonyl (C=O) groups is 3. The summed E-state index contributed by atoms with van der Waals surface area (Å²) < 4.78 is 9.70. The van der Waals surface area contributed by atoms with E-state index in [9.17, 15) is 14.4 Å². The molecular weight excluding hydrogens is 442 g/mol. The van der Waals surface area contributed by atoms with Crippen molar-refractivity contribution in [1.29, 1.82) is 0 Å². The predicted molar refractivity (Wildman–Crippen MR) is 129 cm³/mol. The molecule has 0 saturated carbocycles. The van der Waals surface area contributed by atoms with Gasteiger partial charge in [0.2, 0.25) is 5.91 Å². The third-order valence-corrected chi connectivity index (χ3v) is 5.64. The highest BCUT2D eigenvalue weighted by atomic mass is 32.2. The van der Waals surface area contributed by atoms with Gasteiger partial charge in [0.25, 0.3) is 5.91 Å². The fraction of sp³-hybridized carbons (Fsp3) is 0.250. The van der Waals surface area contributed by atoms with Gasteiger partial charge in [-0.05, 0) is 60.9 Å². The Labute approximate surface area is 196 Å². The number of amidine groups is 1. The number of methoxy groups -OCH3 is 2. The first-order valence-electron chi connectivity index (χ1n) is 10.1. The van der Waals surface area contributed by atoms with E-state index in [2.05, 4.69) is 15.0 Å². The fourth-order valence-corrected chi connectivity index (χ4v) is 4.03. The van der Waals surface area contributed by atoms with Gasteiger partial charge in [-0.15, -0.1) is 0 Å². The van der Waals surface area contributed by atoms with Gasteiger partial charge in [-0.1, -0.05) is 30.0 Å². The zero-order valence-corrected chi connectivity index (χ0v) is 19.7. The first-order chi connectivity index (χ1) is 15.8. The molecule has 0 aliphatic carbocycles. The normalized spacial score (nSPS) is 14.3. The number of anilines is 1. The van der Waals surface area contributed by atoms with Crippen LogP contribution in [-0.4, -0.2) is 49.5 Å². The molecule has 0 fully saturated rings. The molecule has 9 heteroatoms. The van der Waals surface area contributed by atoms with E-state index in [1.165, 1.54) is 12.0 Å². The Hall–Kier alpha value is -3.59. The van der Waals surface area contributed by atoms with Crippen LogP contribution in [0.15, 0.2) is 53.2 Å². The van der Waals surface area contributed by atoms with E-state index in [0.717, 1.165) is 28.5 Å². The number of hydrogen-bond donors (Lipinski definition) is 1. The van der Waals surface area contributed by atoms with Crippen molar-refractivity contribution in [1.82, 2.24) is 5.32 Å². The van der Waals surface area contributed by atoms with E-state index in [0.29, 0.717) is 16.6 Å². The lowest BCUT2D eigenvalue weighted by Crippen LogP contribution is -2.34. The minimum Gasteiger partial charge on any atom is -0.497 e. The van der Waals surface area contributed by atoms with Crippen molar-refractivity contribution in [2.75, 3.05) is 31.4 Å². The molecule has 1 N–H and O–H groups in total. The quantitative estimate of drug-likeness (QED) is 0.497. The topological polar surface area (TPSA) is 97.3 Å². The number of rotatable bonds is 7. The smallest absolute Gasteiger partial charge is 0.325 e. The van der Waals surface area contributed by atoms with E-state index in [1.807, 2.05) is 44.2 Å². The van der Waals surface area contributed by atoms with E-state index < -0.39 is 5.97 Å². The van der Waals surface area contributed by atoms with Crippen molar-refractivity contribution < 1.29 is 23.9 Å². The number of esters is 1. The van der Waals surface area contributed by atoms with Gasteiger partial charge in [-0.25, -0.2) is 4.99 Å². The number of nitrogens with zero attached hydrogens (tertiary/aromatic N) is 2. The molecule has 0 aromatic heterocycles. The molecule has 0 radical (unpaired) electrons. The molecule has 0 atom stereocenters. The lowest BCUT2D eigenvalue weighted by Gasteiger charge is -2.19. The molecular formula is C24H25N3O5S. The molecule has 1 aliphatic rings. The predicted octanol–water partition coefficient (Wildman–Crippen LogP) is 3.08. The first kappa shape index (κ1) is 24.1. The van der Waals surface area contributed by atoms with Crippen molar-refractivity contribution in [3.05, 3.63) is 64.9 Å². The van der Waals surface area contributed by atoms with Crippen LogP contribution in [-0.2, 0) is 19.1 Å². The zero-order valence-electron chi connectivity index (χ0n) is 18.9. The summed E-state index contributed by atoms with van der Waals surface area (Å²) in [4.78, 5) is 42.7. The lowest BCUT2D eigenvalue weighted by molar-refractivity contribution is -0.140. The molecule has 33 heavy (non-hydrogen) atoms. The number of aryl methyl sites for hydroxylation is 2. The Balaban J connectivity index is 1.87. The first-order valence-corrected chi connectivity index (χ1v) is 11.1. The van der Waals surface area contributed by atoms with E-state index in [4.69, 9.17) is 4.74 Å². The molecule has 1 aliphatic heterocycles. The van der Waals surface area contributed by atoms with Crippen molar-refractivity contribution in [3.8, 4) is 5.75 Å². The maximum Gasteiger partial charge on any atom is 0.325 e. The van der Waals surface area contributed by atoms with Gasteiger partial charge in [-0.2, -0.15) is 0 Å². The zero-order chi connectivity index (χ0) is 24.0. The van der Waals surface area contributed by atoms with Crippen molar-refractivity contribution in [3.63, 3.8) is 0 Å². The summed E-state index contributed by atoms with van der Waals surface area (Å²) in [7, 11) is 2.84. The molecule has 0 bridgehead atoms. The second-order valence-electron chi connectivity index (χ2n) is 7.33. The number of aliphatic imine (C=N–C) groups is 1. The molecule has 3 rings (SSSR count). The van der Waals surface area contributed by atoms with Crippen molar-refractivity contribution in [2.45, 2.75) is 13.8 Å². The molecule has 0 saturated heterocycles. The highest BCUT2D eigenvalue weighted by Crippen LogP contribution is 2.31. The lowest BCUT2D eigenvalue weighted by atomic mass is 10.1. The SMILES string of the molecule is COC(=O)CNC(=O)CSC1=NC(=Cc2ccc(OC)cc2)C(=O)N1c1cc(C)cc(C)c1. The monoisotopic (exact) mass is 467 g/mol. The van der Waals surface area contributed by atoms with Gasteiger partial charge >= 0.3 is 5.97 Å². The van der Waals surface area contributed by atoms with Crippen LogP contribution in [0.4, 0.5) is 5.69 Å². The summed E-state index contributed by atoms with van der Waals surface area (Å²) in [5.74, 6) is -0.491. The second kappa shape index (κ2) is 10.8. The minimum atomic E-state index is -0.539. The van der Waals surface area contributed by atoms with Crippen LogP contribution in [0.5, 0.6) is 5.75 Å². The fourth-order valence-electron chi connectivity index (χ4n) is 3.18. The molecule has 2 amide bonds. The van der Waals surface area contributed by atoms with Gasteiger partial charge in [0.05, 0.1) is 25.7 Å². The van der Waals surface area contributed by atoms with Crippen LogP contribution >= 0.6 is 11.8 Å². The maximum absolute atomic E-state index is 13.3. The van der Waals surface area contributed by atoms with E-state index in [1.54, 1.807) is 25.3 Å². The molecule has 0 unspecified atom stereocenters. The largest absolute Gasteiger partial charge is 0.497 e. The van der Waals surface area contributed by atoms with Crippen LogP contribution in [0.1, 0.15) is 16.7 Å². The molecule has 172 valence electrons. The van der Waals surface area contributed by atoms with Crippen LogP contribution < -0.4 is 15.0 Å². The summed E-state index contributed by atoms with van der Waals surface area (Å²) in [6.07, 6.45) is 1.70. The van der Waals surface area contributed by atoms with Crippen molar-refractivity contribution >= 4 is 46.5 Å². The van der Waals surface area contributed by atoms with Crippen LogP contribution in [0.3, 0.4) is 0 Å². The molecule has 8 nitrogen and oxygen atoms in total. The number of nitrogens with one attached hydrogen (secondary N) is 1. The van der Waals surface area contributed by atoms with Gasteiger partial charge in [0.1, 0.15) is 18.0 Å². The molecule has 0 spiro atoms. The van der Waals surface area contributed by atoms with Gasteiger partial charge in [-0.3, -0.25) is 19.3 Å². The molecule has 2 aromatic rings. The third-order valence-electron chi connectivity index (χ3n) is 4.70. The second-order valence-corrected chi connectivity index (χ2v) is 8.27. The number of hydrogen-bond acceptors (Lipinski definition) is 7. The Morgan fingerprint density at radius 1 is 1.09 bits per heavy atom. The highest BCUT2D eigenvalue weighted by Gasteiger charge is 2.32. The average Bonchev–Trinajstić information content (AvgIpc) is 3.10. The number of amides is 2. The summed E-state index contributed by atoms with van der Waals surface area (Å²) in [6.45, 7) is 3.69. The molecule has 2 aromatic carbocycles. The van der Waals surface area contributed by atoms with Crippen LogP contribution in [0, 0.1) is 13.8 Å². The third kappa shape index (κ3) is 6.23. The standard InChI is InChI=1S/C24H25N3O5S/c1-15-9-16(2)11-18(10-15)27-23(30)20(12-17-5-7-19(31-3)8-6-17)26-24(27)33-14-21(28)25-13-22(29)32-4/h5-12H,13-14H2,1-4H3,(H,25,28). The Bertz CT molecular complexity index is 1110. The van der Waals surface area contributed by atoms with Crippen molar-refractivity contribution in [2.24, 2.45) is 4.99 Å². The van der Waals surface area contributed by atoms with Gasteiger partial charge in [0, 0.05) is 0 Å². The Morgan fingerprint density at radius 3 is 2.36 bits per heavy atom. The minimum absolute atomic E-state index is 0.0137. The Morgan fingerprint density at radius 2 is 1.76 bits per heavy atom. The summed E-state index contributed by atoms with van der Waals surface area (Å²) >= 11 is 1.12. The summed E-state index contributed by atoms with van der Waals surface area (Å²) in [6, 6.07) is 13.1. The van der Waals surface area contributed by atoms with E-state index in [-0.39, 0.29) is 29.8 Å². The summed E-state index contributed by atoms with van der Waals surface area (Å²) in [5, 5.41) is 2.87. The summed E-state index contributed by atoms with van der Waals surface area (Å²) in [5.41, 5.74) is 3.75. The average molecular weight is 468 g/mol. The van der Waals surface area contributed by atoms with E-state index >= 15 is 0 Å². The van der Waals surface area contributed by atoms with Crippen LogP contribution in [0.2, 0.25) is 0 Å². The highest BCUT2D eigenvalue weighted by molar-refractivity contribution is 8.14. The number of ether oxygens (including phenoxy) is 2. The maximum atomic E-state index is 13.3. The number of carbonyl (C=O) groups excluding carboxylic acids is 3. The Kier molecular flexibility index (Phi) is 7.89. The molecule has 1 heterocycles. The number of thioether (sulfide) groups is 1. The van der Waals surface area contributed by atoms with Gasteiger partial charge < -0.3 is 14.8 Å². The van der Waals surface area contributed by atoms with Gasteiger partial charge in [0.15, 0.2) is 5.17 Å². The van der Waals surface area contributed by atoms with Crippen LogP contribution in [0.25, 0.3) is 6.08 Å². The number of benzene rings is 2.